The average molecular weight is 187 g/mol. The zero-order valence-electron chi connectivity index (χ0n) is 9.05. The molecular weight excluding hydrogens is 168 g/mol. The lowest BCUT2D eigenvalue weighted by Gasteiger charge is -2.15. The molecule has 1 aliphatic rings. The van der Waals surface area contributed by atoms with E-state index in [4.69, 9.17) is 0 Å². The van der Waals surface area contributed by atoms with Crippen LogP contribution in [0.1, 0.15) is 49.7 Å². The topological polar surface area (TPSA) is 0 Å². The van der Waals surface area contributed by atoms with Crippen molar-refractivity contribution in [3.63, 3.8) is 0 Å². The van der Waals surface area contributed by atoms with Crippen LogP contribution in [0.2, 0.25) is 0 Å². The summed E-state index contributed by atoms with van der Waals surface area (Å²) in [6, 6.07) is 8.82. The Hall–Kier alpha value is -0.780. The second kappa shape index (κ2) is 4.63. The van der Waals surface area contributed by atoms with E-state index in [0.29, 0.717) is 0 Å². The van der Waals surface area contributed by atoms with E-state index >= 15 is 0 Å². The number of hydrogen-bond acceptors (Lipinski definition) is 0. The van der Waals surface area contributed by atoms with Crippen LogP contribution in [0.25, 0.3) is 0 Å². The standard InChI is InChI=1S/C14H19/c1-12-8-6-7-11-14(12)13-9-4-2-3-5-10-13/h6-8,11H,2-5,9-10H2,1H3. The average Bonchev–Trinajstić information content (AvgIpc) is 2.47. The van der Waals surface area contributed by atoms with E-state index < -0.39 is 0 Å². The molecule has 0 nitrogen and oxygen atoms in total. The first kappa shape index (κ1) is 9.76. The number of benzene rings is 1. The van der Waals surface area contributed by atoms with E-state index in [1.54, 1.807) is 5.92 Å². The van der Waals surface area contributed by atoms with Crippen molar-refractivity contribution in [2.24, 2.45) is 0 Å². The number of aryl methyl sites for hydroxylation is 1. The van der Waals surface area contributed by atoms with E-state index in [9.17, 15) is 0 Å². The predicted molar refractivity (Wildman–Crippen MR) is 61.2 cm³/mol. The van der Waals surface area contributed by atoms with Crippen LogP contribution in [-0.2, 0) is 0 Å². The molecular formula is C14H19. The van der Waals surface area contributed by atoms with Crippen molar-refractivity contribution < 1.29 is 0 Å². The highest BCUT2D eigenvalue weighted by atomic mass is 14.2. The predicted octanol–water partition coefficient (Wildman–Crippen LogP) is 4.27. The van der Waals surface area contributed by atoms with Crippen LogP contribution in [-0.4, -0.2) is 0 Å². The van der Waals surface area contributed by atoms with E-state index in [2.05, 4.69) is 31.2 Å². The first-order chi connectivity index (χ1) is 6.88. The number of rotatable bonds is 1. The quantitative estimate of drug-likeness (QED) is 0.576. The van der Waals surface area contributed by atoms with Crippen molar-refractivity contribution in [2.45, 2.75) is 45.4 Å². The van der Waals surface area contributed by atoms with E-state index in [-0.39, 0.29) is 0 Å². The van der Waals surface area contributed by atoms with Crippen LogP contribution in [0, 0.1) is 12.8 Å². The molecule has 1 fully saturated rings. The largest absolute Gasteiger partial charge is 0.0620 e. The van der Waals surface area contributed by atoms with Crippen molar-refractivity contribution in [1.82, 2.24) is 0 Å². The molecule has 1 aromatic rings. The lowest BCUT2D eigenvalue weighted by atomic mass is 9.89. The molecule has 0 spiro atoms. The lowest BCUT2D eigenvalue weighted by molar-refractivity contribution is 0.702. The summed E-state index contributed by atoms with van der Waals surface area (Å²) in [5.74, 6) is 1.70. The summed E-state index contributed by atoms with van der Waals surface area (Å²) >= 11 is 0. The van der Waals surface area contributed by atoms with Gasteiger partial charge in [-0.1, -0.05) is 49.9 Å². The second-order valence-electron chi connectivity index (χ2n) is 4.33. The molecule has 0 heterocycles. The summed E-state index contributed by atoms with van der Waals surface area (Å²) in [4.78, 5) is 0. The fraction of sp³-hybridized carbons (Fsp3) is 0.500. The molecule has 75 valence electrons. The zero-order chi connectivity index (χ0) is 9.80. The fourth-order valence-corrected chi connectivity index (χ4v) is 2.39. The third-order valence-electron chi connectivity index (χ3n) is 3.23. The molecule has 1 aromatic carbocycles. The van der Waals surface area contributed by atoms with Gasteiger partial charge < -0.3 is 0 Å². The smallest absolute Gasteiger partial charge is 0.00525 e. The molecule has 0 N–H and O–H groups in total. The minimum atomic E-state index is 1.32. The van der Waals surface area contributed by atoms with Crippen molar-refractivity contribution in [2.75, 3.05) is 0 Å². The normalized spacial score (nSPS) is 19.2. The van der Waals surface area contributed by atoms with Gasteiger partial charge in [-0.3, -0.25) is 0 Å². The molecule has 1 radical (unpaired) electrons. The first-order valence-corrected chi connectivity index (χ1v) is 5.78. The van der Waals surface area contributed by atoms with Crippen LogP contribution in [0.3, 0.4) is 0 Å². The summed E-state index contributed by atoms with van der Waals surface area (Å²) in [5, 5.41) is 0. The molecule has 0 atom stereocenters. The highest BCUT2D eigenvalue weighted by Crippen LogP contribution is 2.31. The molecule has 0 saturated heterocycles. The Morgan fingerprint density at radius 2 is 1.50 bits per heavy atom. The van der Waals surface area contributed by atoms with Crippen molar-refractivity contribution in [3.8, 4) is 0 Å². The Bertz CT molecular complexity index is 280. The van der Waals surface area contributed by atoms with Crippen LogP contribution >= 0.6 is 0 Å². The van der Waals surface area contributed by atoms with Gasteiger partial charge in [-0.05, 0) is 30.9 Å². The van der Waals surface area contributed by atoms with Crippen LogP contribution < -0.4 is 0 Å². The van der Waals surface area contributed by atoms with Crippen LogP contribution in [0.15, 0.2) is 24.3 Å². The Morgan fingerprint density at radius 1 is 0.857 bits per heavy atom. The molecule has 0 unspecified atom stereocenters. The van der Waals surface area contributed by atoms with Gasteiger partial charge in [0.1, 0.15) is 0 Å². The summed E-state index contributed by atoms with van der Waals surface area (Å²) in [7, 11) is 0. The third-order valence-corrected chi connectivity index (χ3v) is 3.23. The SMILES string of the molecule is Cc1ccccc1[C]1CCCCCC1. The Kier molecular flexibility index (Phi) is 3.23. The van der Waals surface area contributed by atoms with E-state index in [1.165, 1.54) is 49.7 Å². The van der Waals surface area contributed by atoms with Crippen molar-refractivity contribution >= 4 is 0 Å². The minimum absolute atomic E-state index is 1.32. The summed E-state index contributed by atoms with van der Waals surface area (Å²) in [6.45, 7) is 2.23. The van der Waals surface area contributed by atoms with Gasteiger partial charge in [-0.25, -0.2) is 0 Å². The third kappa shape index (κ3) is 2.17. The van der Waals surface area contributed by atoms with Gasteiger partial charge in [0.15, 0.2) is 0 Å². The van der Waals surface area contributed by atoms with Gasteiger partial charge in [0.25, 0.3) is 0 Å². The van der Waals surface area contributed by atoms with Crippen molar-refractivity contribution in [3.05, 3.63) is 41.3 Å². The maximum atomic E-state index is 2.29. The molecule has 0 bridgehead atoms. The fourth-order valence-electron chi connectivity index (χ4n) is 2.39. The highest BCUT2D eigenvalue weighted by Gasteiger charge is 2.15. The molecule has 0 aliphatic heterocycles. The summed E-state index contributed by atoms with van der Waals surface area (Å²) < 4.78 is 0. The van der Waals surface area contributed by atoms with Gasteiger partial charge >= 0.3 is 0 Å². The van der Waals surface area contributed by atoms with E-state index in [0.717, 1.165) is 0 Å². The van der Waals surface area contributed by atoms with Crippen LogP contribution in [0.4, 0.5) is 0 Å². The summed E-state index contributed by atoms with van der Waals surface area (Å²) in [6.07, 6.45) is 8.29. The Morgan fingerprint density at radius 3 is 2.14 bits per heavy atom. The summed E-state index contributed by atoms with van der Waals surface area (Å²) in [5.41, 5.74) is 2.97. The maximum Gasteiger partial charge on any atom is 0.00525 e. The minimum Gasteiger partial charge on any atom is -0.0620 e. The Labute approximate surface area is 87.3 Å². The molecule has 0 heteroatoms. The molecule has 1 saturated carbocycles. The molecule has 0 amide bonds. The second-order valence-corrected chi connectivity index (χ2v) is 4.33. The molecule has 0 aromatic heterocycles. The van der Waals surface area contributed by atoms with Gasteiger partial charge in [-0.15, -0.1) is 0 Å². The molecule has 2 rings (SSSR count). The lowest BCUT2D eigenvalue weighted by Crippen LogP contribution is -2.00. The van der Waals surface area contributed by atoms with Gasteiger partial charge in [0.2, 0.25) is 0 Å². The first-order valence-electron chi connectivity index (χ1n) is 5.78. The molecule has 1 aliphatic carbocycles. The van der Waals surface area contributed by atoms with E-state index in [1.807, 2.05) is 0 Å². The van der Waals surface area contributed by atoms with Crippen LogP contribution in [0.5, 0.6) is 0 Å². The van der Waals surface area contributed by atoms with Gasteiger partial charge in [0.05, 0.1) is 0 Å². The number of hydrogen-bond donors (Lipinski definition) is 0. The van der Waals surface area contributed by atoms with Gasteiger partial charge in [0, 0.05) is 5.92 Å². The monoisotopic (exact) mass is 187 g/mol. The Balaban J connectivity index is 2.16. The zero-order valence-corrected chi connectivity index (χ0v) is 9.05. The maximum absolute atomic E-state index is 2.29. The van der Waals surface area contributed by atoms with Gasteiger partial charge in [-0.2, -0.15) is 0 Å². The van der Waals surface area contributed by atoms with Crippen molar-refractivity contribution in [1.29, 1.82) is 0 Å². The highest BCUT2D eigenvalue weighted by molar-refractivity contribution is 5.37. The molecule has 14 heavy (non-hydrogen) atoms.